The molecule has 0 bridgehead atoms. The molecule has 198 valence electrons. The number of ether oxygens (including phenoxy) is 1. The fourth-order valence-corrected chi connectivity index (χ4v) is 7.16. The Morgan fingerprint density at radius 1 is 1.11 bits per heavy atom. The lowest BCUT2D eigenvalue weighted by Crippen LogP contribution is -2.38. The summed E-state index contributed by atoms with van der Waals surface area (Å²) in [5.41, 5.74) is 4.30. The van der Waals surface area contributed by atoms with Gasteiger partial charge in [0.2, 0.25) is 10.0 Å². The molecule has 3 aliphatic rings. The van der Waals surface area contributed by atoms with Crippen LogP contribution >= 0.6 is 11.8 Å². The van der Waals surface area contributed by atoms with Gasteiger partial charge in [0.05, 0.1) is 35.3 Å². The lowest BCUT2D eigenvalue weighted by Gasteiger charge is -2.27. The van der Waals surface area contributed by atoms with E-state index in [4.69, 9.17) is 4.74 Å². The second kappa shape index (κ2) is 10.1. The number of benzene rings is 1. The molecule has 38 heavy (non-hydrogen) atoms. The predicted octanol–water partition coefficient (Wildman–Crippen LogP) is 2.16. The minimum Gasteiger partial charge on any atom is -0.379 e. The van der Waals surface area contributed by atoms with Crippen LogP contribution in [0.15, 0.2) is 41.6 Å². The Morgan fingerprint density at radius 2 is 1.95 bits per heavy atom. The van der Waals surface area contributed by atoms with E-state index < -0.39 is 21.2 Å². The zero-order chi connectivity index (χ0) is 26.3. The third kappa shape index (κ3) is 4.94. The summed E-state index contributed by atoms with van der Waals surface area (Å²) in [6.45, 7) is 4.28. The van der Waals surface area contributed by atoms with Gasteiger partial charge < -0.3 is 4.74 Å². The molecule has 1 N–H and O–H groups in total. The Hall–Kier alpha value is -3.26. The second-order valence-corrected chi connectivity index (χ2v) is 12.3. The summed E-state index contributed by atoms with van der Waals surface area (Å²) in [4.78, 5) is 35.0. The monoisotopic (exact) mass is 554 g/mol. The summed E-state index contributed by atoms with van der Waals surface area (Å²) < 4.78 is 35.0. The highest BCUT2D eigenvalue weighted by Crippen LogP contribution is 2.33. The molecule has 2 fully saturated rings. The van der Waals surface area contributed by atoms with E-state index in [1.54, 1.807) is 18.5 Å². The molecule has 2 amide bonds. The molecule has 1 aromatic carbocycles. The van der Waals surface area contributed by atoms with Crippen molar-refractivity contribution in [3.63, 3.8) is 0 Å². The first-order valence-electron chi connectivity index (χ1n) is 12.4. The van der Waals surface area contributed by atoms with E-state index in [0.717, 1.165) is 48.3 Å². The van der Waals surface area contributed by atoms with Crippen molar-refractivity contribution in [3.8, 4) is 5.69 Å². The summed E-state index contributed by atoms with van der Waals surface area (Å²) >= 11 is 0.842. The number of nitrogens with zero attached hydrogens (tertiary/aromatic N) is 5. The number of aromatic nitrogens is 3. The maximum atomic E-state index is 13.1. The van der Waals surface area contributed by atoms with Gasteiger partial charge in [0.15, 0.2) is 5.65 Å². The van der Waals surface area contributed by atoms with E-state index in [-0.39, 0.29) is 10.7 Å². The van der Waals surface area contributed by atoms with Gasteiger partial charge in [-0.3, -0.25) is 28.7 Å². The number of hydrogen-bond acceptors (Lipinski definition) is 9. The number of carbonyl (C=O) groups excluding carboxylic acids is 2. The van der Waals surface area contributed by atoms with Crippen LogP contribution in [0.5, 0.6) is 0 Å². The maximum absolute atomic E-state index is 13.1. The smallest absolute Gasteiger partial charge is 0.290 e. The summed E-state index contributed by atoms with van der Waals surface area (Å²) in [6, 6.07) is 9.25. The first kappa shape index (κ1) is 25.0. The third-order valence-corrected chi connectivity index (χ3v) is 9.51. The fourth-order valence-electron chi connectivity index (χ4n) is 4.94. The summed E-state index contributed by atoms with van der Waals surface area (Å²) in [5, 5.41) is 1.83. The highest BCUT2D eigenvalue weighted by atomic mass is 32.2. The van der Waals surface area contributed by atoms with Gasteiger partial charge in [-0.05, 0) is 73.1 Å². The number of fused-ring (bicyclic) bond motifs is 2. The van der Waals surface area contributed by atoms with Crippen molar-refractivity contribution in [3.05, 3.63) is 52.8 Å². The summed E-state index contributed by atoms with van der Waals surface area (Å²) in [6.07, 6.45) is 4.47. The molecule has 5 heterocycles. The quantitative estimate of drug-likeness (QED) is 0.437. The van der Waals surface area contributed by atoms with Crippen LogP contribution in [-0.4, -0.2) is 84.1 Å². The van der Waals surface area contributed by atoms with Gasteiger partial charge in [0.1, 0.15) is 11.8 Å². The van der Waals surface area contributed by atoms with Crippen molar-refractivity contribution in [2.45, 2.75) is 12.8 Å². The van der Waals surface area contributed by atoms with E-state index >= 15 is 0 Å². The number of imide groups is 1. The van der Waals surface area contributed by atoms with Crippen molar-refractivity contribution in [2.24, 2.45) is 0 Å². The molecule has 6 rings (SSSR count). The number of thioether (sulfide) groups is 1. The number of hydrogen-bond donors (Lipinski definition) is 1. The molecule has 3 aromatic rings. The van der Waals surface area contributed by atoms with Gasteiger partial charge in [-0.1, -0.05) is 0 Å². The van der Waals surface area contributed by atoms with Crippen LogP contribution in [0.1, 0.15) is 17.7 Å². The molecule has 0 radical (unpaired) electrons. The van der Waals surface area contributed by atoms with Crippen molar-refractivity contribution in [1.29, 1.82) is 0 Å². The van der Waals surface area contributed by atoms with Gasteiger partial charge in [0.25, 0.3) is 11.1 Å². The molecule has 11 nitrogen and oxygen atoms in total. The fraction of sp³-hybridized carbons (Fsp3) is 0.360. The minimum absolute atomic E-state index is 0.113. The van der Waals surface area contributed by atoms with Gasteiger partial charge in [0, 0.05) is 25.3 Å². The zero-order valence-electron chi connectivity index (χ0n) is 20.5. The van der Waals surface area contributed by atoms with Crippen molar-refractivity contribution in [1.82, 2.24) is 24.8 Å². The average molecular weight is 555 g/mol. The number of morpholine rings is 1. The zero-order valence-corrected chi connectivity index (χ0v) is 22.1. The van der Waals surface area contributed by atoms with E-state index in [2.05, 4.69) is 20.2 Å². The Balaban J connectivity index is 1.21. The number of nitrogens with one attached hydrogen (secondary N) is 1. The molecule has 0 aliphatic carbocycles. The largest absolute Gasteiger partial charge is 0.379 e. The van der Waals surface area contributed by atoms with Crippen LogP contribution in [0, 0.1) is 0 Å². The van der Waals surface area contributed by atoms with Gasteiger partial charge >= 0.3 is 0 Å². The first-order chi connectivity index (χ1) is 18.4. The highest BCUT2D eigenvalue weighted by molar-refractivity contribution is 8.18. The summed E-state index contributed by atoms with van der Waals surface area (Å²) in [7, 11) is -3.42. The van der Waals surface area contributed by atoms with E-state index in [1.165, 1.54) is 4.31 Å². The van der Waals surface area contributed by atoms with Gasteiger partial charge in [-0.15, -0.1) is 0 Å². The minimum atomic E-state index is -3.42. The van der Waals surface area contributed by atoms with Crippen LogP contribution in [0.2, 0.25) is 0 Å². The molecule has 13 heteroatoms. The van der Waals surface area contributed by atoms with Crippen LogP contribution < -0.4 is 9.62 Å². The van der Waals surface area contributed by atoms with Crippen molar-refractivity contribution in [2.75, 3.05) is 49.5 Å². The standard InChI is InChI=1S/C25H26N6O5S2/c32-24-22(37-25(33)28-24)15-18-2-4-20-23(27-18)30(16-26-20)19-3-5-21-17(14-19)6-8-31(21)38(34,35)13-1-7-29-9-11-36-12-10-29/h2-5,14-16H,1,6-13H2,(H,28,32,33). The second-order valence-electron chi connectivity index (χ2n) is 9.30. The SMILES string of the molecule is O=C1NC(=O)C(=Cc2ccc3ncn(-c4ccc5c(c4)CCN5S(=O)(=O)CCCN4CCOCC4)c3n2)S1. The van der Waals surface area contributed by atoms with E-state index in [0.29, 0.717) is 49.5 Å². The molecule has 0 unspecified atom stereocenters. The maximum Gasteiger partial charge on any atom is 0.290 e. The number of rotatable bonds is 7. The Morgan fingerprint density at radius 3 is 2.74 bits per heavy atom. The number of imidazole rings is 1. The topological polar surface area (TPSA) is 127 Å². The van der Waals surface area contributed by atoms with Crippen LogP contribution in [0.25, 0.3) is 22.9 Å². The molecular formula is C25H26N6O5S2. The molecule has 3 aliphatic heterocycles. The molecule has 0 spiro atoms. The number of amides is 2. The van der Waals surface area contributed by atoms with Crippen LogP contribution in [0.3, 0.4) is 0 Å². The predicted molar refractivity (Wildman–Crippen MR) is 145 cm³/mol. The Kier molecular flexibility index (Phi) is 6.68. The number of carbonyl (C=O) groups is 2. The normalized spacial score (nSPS) is 19.5. The van der Waals surface area contributed by atoms with Gasteiger partial charge in [-0.25, -0.2) is 18.4 Å². The van der Waals surface area contributed by atoms with E-state index in [9.17, 15) is 18.0 Å². The summed E-state index contributed by atoms with van der Waals surface area (Å²) in [5.74, 6) is -0.323. The molecule has 0 atom stereocenters. The molecule has 0 saturated carbocycles. The van der Waals surface area contributed by atoms with Crippen LogP contribution in [0.4, 0.5) is 10.5 Å². The lowest BCUT2D eigenvalue weighted by atomic mass is 10.1. The molecule has 2 saturated heterocycles. The Bertz CT molecular complexity index is 1560. The third-order valence-electron chi connectivity index (χ3n) is 6.85. The van der Waals surface area contributed by atoms with Gasteiger partial charge in [-0.2, -0.15) is 0 Å². The van der Waals surface area contributed by atoms with Crippen molar-refractivity contribution < 1.29 is 22.7 Å². The number of pyridine rings is 1. The lowest BCUT2D eigenvalue weighted by molar-refractivity contribution is -0.115. The number of sulfonamides is 1. The Labute approximate surface area is 223 Å². The first-order valence-corrected chi connectivity index (χ1v) is 14.8. The van der Waals surface area contributed by atoms with Crippen molar-refractivity contribution >= 4 is 55.9 Å². The van der Waals surface area contributed by atoms with Crippen LogP contribution in [-0.2, 0) is 26.0 Å². The number of anilines is 1. The highest BCUT2D eigenvalue weighted by Gasteiger charge is 2.30. The average Bonchev–Trinajstić information content (AvgIpc) is 3.60. The van der Waals surface area contributed by atoms with E-state index in [1.807, 2.05) is 28.8 Å². The molecule has 2 aromatic heterocycles. The molecular weight excluding hydrogens is 528 g/mol.